The smallest absolute Gasteiger partial charge is 0.409 e. The third-order valence-corrected chi connectivity index (χ3v) is 4.94. The van der Waals surface area contributed by atoms with Gasteiger partial charge in [-0.2, -0.15) is 0 Å². The molecule has 2 N–H and O–H groups in total. The Morgan fingerprint density at radius 1 is 1.28 bits per heavy atom. The number of hydrogen-bond acceptors (Lipinski definition) is 5. The van der Waals surface area contributed by atoms with Gasteiger partial charge in [0.15, 0.2) is 0 Å². The standard InChI is InChI=1S/C17H22N2O5S/c1-2-24-17(23)19-9-7-12(8-10-19)18-15(20)11-25-14-6-4-3-5-13(14)16(21)22/h3-6,12H,2,7-11H2,1H3,(H,18,20)(H,21,22). The van der Waals surface area contributed by atoms with Gasteiger partial charge >= 0.3 is 12.1 Å². The van der Waals surface area contributed by atoms with Gasteiger partial charge in [0.05, 0.1) is 17.9 Å². The highest BCUT2D eigenvalue weighted by Gasteiger charge is 2.24. The molecule has 0 aromatic heterocycles. The van der Waals surface area contributed by atoms with Gasteiger partial charge in [-0.1, -0.05) is 12.1 Å². The van der Waals surface area contributed by atoms with E-state index < -0.39 is 5.97 Å². The maximum absolute atomic E-state index is 12.1. The molecule has 0 spiro atoms. The van der Waals surface area contributed by atoms with Crippen LogP contribution in [0, 0.1) is 0 Å². The van der Waals surface area contributed by atoms with Gasteiger partial charge in [0.1, 0.15) is 0 Å². The SMILES string of the molecule is CCOC(=O)N1CCC(NC(=O)CSc2ccccc2C(=O)O)CC1. The molecule has 2 amide bonds. The van der Waals surface area contributed by atoms with Gasteiger partial charge in [0.2, 0.25) is 5.91 Å². The number of carbonyl (C=O) groups is 3. The Kier molecular flexibility index (Phi) is 7.12. The first-order valence-corrected chi connectivity index (χ1v) is 9.16. The summed E-state index contributed by atoms with van der Waals surface area (Å²) >= 11 is 1.21. The molecule has 0 radical (unpaired) electrons. The summed E-state index contributed by atoms with van der Waals surface area (Å²) in [6.07, 6.45) is 1.05. The maximum atomic E-state index is 12.1. The molecule has 0 aliphatic carbocycles. The van der Waals surface area contributed by atoms with Crippen LogP contribution in [0.3, 0.4) is 0 Å². The fourth-order valence-electron chi connectivity index (χ4n) is 2.60. The molecule has 8 heteroatoms. The number of thioether (sulfide) groups is 1. The maximum Gasteiger partial charge on any atom is 0.409 e. The summed E-state index contributed by atoms with van der Waals surface area (Å²) in [6.45, 7) is 3.23. The monoisotopic (exact) mass is 366 g/mol. The van der Waals surface area contributed by atoms with Crippen molar-refractivity contribution in [3.05, 3.63) is 29.8 Å². The lowest BCUT2D eigenvalue weighted by molar-refractivity contribution is -0.119. The number of nitrogens with one attached hydrogen (secondary N) is 1. The molecule has 1 aromatic rings. The van der Waals surface area contributed by atoms with Crippen molar-refractivity contribution >= 4 is 29.7 Å². The quantitative estimate of drug-likeness (QED) is 0.750. The number of carboxylic acids is 1. The van der Waals surface area contributed by atoms with Crippen LogP contribution in [0.1, 0.15) is 30.1 Å². The fourth-order valence-corrected chi connectivity index (χ4v) is 3.46. The van der Waals surface area contributed by atoms with Crippen LogP contribution in [0.4, 0.5) is 4.79 Å². The number of hydrogen-bond donors (Lipinski definition) is 2. The van der Waals surface area contributed by atoms with E-state index in [1.165, 1.54) is 17.8 Å². The summed E-state index contributed by atoms with van der Waals surface area (Å²) in [5, 5.41) is 12.1. The predicted molar refractivity (Wildman–Crippen MR) is 93.9 cm³/mol. The Hall–Kier alpha value is -2.22. The van der Waals surface area contributed by atoms with Crippen LogP contribution in [0.15, 0.2) is 29.2 Å². The molecular formula is C17H22N2O5S. The molecule has 1 fully saturated rings. The number of ether oxygens (including phenoxy) is 1. The van der Waals surface area contributed by atoms with Gasteiger partial charge in [0, 0.05) is 24.0 Å². The Labute approximate surface area is 150 Å². The van der Waals surface area contributed by atoms with E-state index >= 15 is 0 Å². The zero-order chi connectivity index (χ0) is 18.2. The second-order valence-corrected chi connectivity index (χ2v) is 6.63. The summed E-state index contributed by atoms with van der Waals surface area (Å²) in [5.74, 6) is -0.989. The minimum atomic E-state index is -1.00. The second kappa shape index (κ2) is 9.31. The normalized spacial score (nSPS) is 14.8. The average Bonchev–Trinajstić information content (AvgIpc) is 2.61. The van der Waals surface area contributed by atoms with Crippen LogP contribution in [0.25, 0.3) is 0 Å². The van der Waals surface area contributed by atoms with E-state index in [2.05, 4.69) is 5.32 Å². The summed E-state index contributed by atoms with van der Waals surface area (Å²) in [6, 6.07) is 6.64. The van der Waals surface area contributed by atoms with Crippen molar-refractivity contribution in [1.82, 2.24) is 10.2 Å². The van der Waals surface area contributed by atoms with Crippen LogP contribution < -0.4 is 5.32 Å². The van der Waals surface area contributed by atoms with Gasteiger partial charge in [-0.15, -0.1) is 11.8 Å². The van der Waals surface area contributed by atoms with Gasteiger partial charge < -0.3 is 20.1 Å². The number of aromatic carboxylic acids is 1. The number of amides is 2. The molecular weight excluding hydrogens is 344 g/mol. The Bertz CT molecular complexity index is 629. The molecule has 25 heavy (non-hydrogen) atoms. The Morgan fingerprint density at radius 2 is 1.96 bits per heavy atom. The highest BCUT2D eigenvalue weighted by Crippen LogP contribution is 2.22. The number of carboxylic acid groups (broad SMARTS) is 1. The topological polar surface area (TPSA) is 95.9 Å². The first-order valence-electron chi connectivity index (χ1n) is 8.17. The van der Waals surface area contributed by atoms with E-state index in [1.54, 1.807) is 30.0 Å². The summed E-state index contributed by atoms with van der Waals surface area (Å²) in [7, 11) is 0. The molecule has 1 aliphatic heterocycles. The fraction of sp³-hybridized carbons (Fsp3) is 0.471. The minimum Gasteiger partial charge on any atom is -0.478 e. The van der Waals surface area contributed by atoms with E-state index in [4.69, 9.17) is 9.84 Å². The molecule has 1 aliphatic rings. The molecule has 2 rings (SSSR count). The first kappa shape index (κ1) is 19.1. The molecule has 136 valence electrons. The second-order valence-electron chi connectivity index (χ2n) is 5.62. The first-order chi connectivity index (χ1) is 12.0. The van der Waals surface area contributed by atoms with E-state index in [1.807, 2.05) is 0 Å². The highest BCUT2D eigenvalue weighted by atomic mass is 32.2. The van der Waals surface area contributed by atoms with Gasteiger partial charge in [-0.25, -0.2) is 9.59 Å². The van der Waals surface area contributed by atoms with Gasteiger partial charge in [-0.3, -0.25) is 4.79 Å². The lowest BCUT2D eigenvalue weighted by atomic mass is 10.1. The van der Waals surface area contributed by atoms with Crippen molar-refractivity contribution in [2.24, 2.45) is 0 Å². The van der Waals surface area contributed by atoms with Crippen LogP contribution >= 0.6 is 11.8 Å². The molecule has 7 nitrogen and oxygen atoms in total. The zero-order valence-corrected chi connectivity index (χ0v) is 14.9. The van der Waals surface area contributed by atoms with E-state index in [-0.39, 0.29) is 29.4 Å². The number of rotatable bonds is 6. The molecule has 1 heterocycles. The lowest BCUT2D eigenvalue weighted by Crippen LogP contribution is -2.47. The van der Waals surface area contributed by atoms with Crippen molar-refractivity contribution in [1.29, 1.82) is 0 Å². The Morgan fingerprint density at radius 3 is 2.60 bits per heavy atom. The number of nitrogens with zero attached hydrogens (tertiary/aromatic N) is 1. The lowest BCUT2D eigenvalue weighted by Gasteiger charge is -2.31. The number of carbonyl (C=O) groups excluding carboxylic acids is 2. The molecule has 0 unspecified atom stereocenters. The third kappa shape index (κ3) is 5.67. The van der Waals surface area contributed by atoms with Crippen LogP contribution in [-0.4, -0.2) is 59.5 Å². The van der Waals surface area contributed by atoms with E-state index in [0.717, 1.165) is 0 Å². The van der Waals surface area contributed by atoms with Gasteiger partial charge in [-0.05, 0) is 31.9 Å². The average molecular weight is 366 g/mol. The van der Waals surface area contributed by atoms with Crippen molar-refractivity contribution in [2.45, 2.75) is 30.7 Å². The summed E-state index contributed by atoms with van der Waals surface area (Å²) in [4.78, 5) is 37.1. The predicted octanol–water partition coefficient (Wildman–Crippen LogP) is 2.21. The molecule has 0 saturated carbocycles. The molecule has 0 atom stereocenters. The van der Waals surface area contributed by atoms with Crippen molar-refractivity contribution in [2.75, 3.05) is 25.4 Å². The van der Waals surface area contributed by atoms with Crippen LogP contribution in [0.2, 0.25) is 0 Å². The van der Waals surface area contributed by atoms with E-state index in [0.29, 0.717) is 37.4 Å². The third-order valence-electron chi connectivity index (χ3n) is 3.86. The van der Waals surface area contributed by atoms with Crippen LogP contribution in [0.5, 0.6) is 0 Å². The molecule has 1 aromatic carbocycles. The summed E-state index contributed by atoms with van der Waals surface area (Å²) in [5.41, 5.74) is 0.197. The van der Waals surface area contributed by atoms with Crippen LogP contribution in [-0.2, 0) is 9.53 Å². The summed E-state index contributed by atoms with van der Waals surface area (Å²) < 4.78 is 4.96. The molecule has 1 saturated heterocycles. The van der Waals surface area contributed by atoms with Crippen molar-refractivity contribution in [3.8, 4) is 0 Å². The Balaban J connectivity index is 1.77. The highest BCUT2D eigenvalue weighted by molar-refractivity contribution is 8.00. The van der Waals surface area contributed by atoms with E-state index in [9.17, 15) is 14.4 Å². The van der Waals surface area contributed by atoms with Crippen molar-refractivity contribution in [3.63, 3.8) is 0 Å². The number of benzene rings is 1. The number of piperidine rings is 1. The van der Waals surface area contributed by atoms with Gasteiger partial charge in [0.25, 0.3) is 0 Å². The minimum absolute atomic E-state index is 0.0218. The zero-order valence-electron chi connectivity index (χ0n) is 14.1. The largest absolute Gasteiger partial charge is 0.478 e. The molecule has 0 bridgehead atoms. The number of likely N-dealkylation sites (tertiary alicyclic amines) is 1. The van der Waals surface area contributed by atoms with Crippen molar-refractivity contribution < 1.29 is 24.2 Å².